The molecule has 2 nitrogen and oxygen atoms in total. The molecule has 0 saturated heterocycles. The lowest BCUT2D eigenvalue weighted by Crippen LogP contribution is -2.19. The van der Waals surface area contributed by atoms with Gasteiger partial charge in [-0.3, -0.25) is 0 Å². The average molecular weight is 238 g/mol. The van der Waals surface area contributed by atoms with E-state index in [1.807, 2.05) is 26.8 Å². The monoisotopic (exact) mass is 238 g/mol. The van der Waals surface area contributed by atoms with Crippen molar-refractivity contribution in [2.75, 3.05) is 0 Å². The van der Waals surface area contributed by atoms with E-state index in [4.69, 9.17) is 0 Å². The fraction of sp³-hybridized carbons (Fsp3) is 0.600. The van der Waals surface area contributed by atoms with Crippen molar-refractivity contribution in [2.45, 2.75) is 58.7 Å². The van der Waals surface area contributed by atoms with Gasteiger partial charge in [0.2, 0.25) is 0 Å². The van der Waals surface area contributed by atoms with Gasteiger partial charge in [-0.25, -0.2) is 0 Å². The number of rotatable bonds is 7. The largest absolute Gasteiger partial charge is 0.389 e. The smallest absolute Gasteiger partial charge is 0.0800 e. The molecule has 0 rings (SSSR count). The molecule has 2 N–H and O–H groups in total. The Kier molecular flexibility index (Phi) is 7.09. The van der Waals surface area contributed by atoms with Crippen molar-refractivity contribution in [1.82, 2.24) is 0 Å². The first-order valence-electron chi connectivity index (χ1n) is 6.11. The minimum Gasteiger partial charge on any atom is -0.389 e. The van der Waals surface area contributed by atoms with Gasteiger partial charge in [0.1, 0.15) is 0 Å². The SMILES string of the molecule is C=CC(C)(O)CCC=C(C)CC(O)C=C(C)C. The molecule has 0 spiro atoms. The summed E-state index contributed by atoms with van der Waals surface area (Å²) in [5.74, 6) is 0. The van der Waals surface area contributed by atoms with Gasteiger partial charge in [0.25, 0.3) is 0 Å². The molecule has 0 saturated carbocycles. The summed E-state index contributed by atoms with van der Waals surface area (Å²) in [6.45, 7) is 11.3. The molecule has 0 aromatic carbocycles. The molecule has 0 bridgehead atoms. The Balaban J connectivity index is 4.11. The minimum absolute atomic E-state index is 0.406. The van der Waals surface area contributed by atoms with Gasteiger partial charge >= 0.3 is 0 Å². The quantitative estimate of drug-likeness (QED) is 0.668. The third-order valence-corrected chi connectivity index (χ3v) is 2.64. The van der Waals surface area contributed by atoms with E-state index < -0.39 is 11.7 Å². The van der Waals surface area contributed by atoms with E-state index in [0.717, 1.165) is 17.6 Å². The molecule has 0 aliphatic carbocycles. The van der Waals surface area contributed by atoms with Crippen LogP contribution < -0.4 is 0 Å². The third-order valence-electron chi connectivity index (χ3n) is 2.64. The van der Waals surface area contributed by atoms with Crippen molar-refractivity contribution in [3.63, 3.8) is 0 Å². The Morgan fingerprint density at radius 2 is 1.94 bits per heavy atom. The van der Waals surface area contributed by atoms with Crippen LogP contribution in [-0.4, -0.2) is 21.9 Å². The molecule has 0 aliphatic rings. The van der Waals surface area contributed by atoms with Crippen LogP contribution in [0.3, 0.4) is 0 Å². The van der Waals surface area contributed by atoms with Crippen molar-refractivity contribution in [3.05, 3.63) is 36.0 Å². The van der Waals surface area contributed by atoms with E-state index >= 15 is 0 Å². The molecule has 2 atom stereocenters. The maximum absolute atomic E-state index is 9.73. The summed E-state index contributed by atoms with van der Waals surface area (Å²) < 4.78 is 0. The first kappa shape index (κ1) is 16.1. The van der Waals surface area contributed by atoms with Gasteiger partial charge in [-0.2, -0.15) is 0 Å². The van der Waals surface area contributed by atoms with E-state index in [1.54, 1.807) is 13.0 Å². The van der Waals surface area contributed by atoms with E-state index in [-0.39, 0.29) is 0 Å². The highest BCUT2D eigenvalue weighted by atomic mass is 16.3. The summed E-state index contributed by atoms with van der Waals surface area (Å²) in [6.07, 6.45) is 7.20. The van der Waals surface area contributed by atoms with Crippen molar-refractivity contribution >= 4 is 0 Å². The molecule has 0 aromatic rings. The van der Waals surface area contributed by atoms with Gasteiger partial charge in [-0.1, -0.05) is 29.4 Å². The van der Waals surface area contributed by atoms with Crippen LogP contribution in [0, 0.1) is 0 Å². The molecule has 0 aliphatic heterocycles. The molecule has 17 heavy (non-hydrogen) atoms. The standard InChI is InChI=1S/C15H26O2/c1-6-15(5,17)9-7-8-13(4)11-14(16)10-12(2)3/h6,8,10,14,16-17H,1,7,9,11H2,2-5H3. The Morgan fingerprint density at radius 3 is 2.41 bits per heavy atom. The number of hydrogen-bond acceptors (Lipinski definition) is 2. The Hall–Kier alpha value is -0.860. The highest BCUT2D eigenvalue weighted by Crippen LogP contribution is 2.15. The Bertz CT molecular complexity index is 294. The predicted octanol–water partition coefficient (Wildman–Crippen LogP) is 3.37. The highest BCUT2D eigenvalue weighted by Gasteiger charge is 2.13. The third kappa shape index (κ3) is 8.90. The number of hydrogen-bond donors (Lipinski definition) is 2. The maximum Gasteiger partial charge on any atom is 0.0800 e. The van der Waals surface area contributed by atoms with Crippen LogP contribution in [0.25, 0.3) is 0 Å². The van der Waals surface area contributed by atoms with E-state index in [1.165, 1.54) is 0 Å². The van der Waals surface area contributed by atoms with E-state index in [2.05, 4.69) is 12.7 Å². The normalized spacial score (nSPS) is 17.2. The molecular formula is C15H26O2. The molecule has 0 fully saturated rings. The van der Waals surface area contributed by atoms with Crippen LogP contribution in [-0.2, 0) is 0 Å². The lowest BCUT2D eigenvalue weighted by atomic mass is 9.98. The summed E-state index contributed by atoms with van der Waals surface area (Å²) in [6, 6.07) is 0. The van der Waals surface area contributed by atoms with Crippen molar-refractivity contribution in [1.29, 1.82) is 0 Å². The minimum atomic E-state index is -0.796. The maximum atomic E-state index is 9.73. The molecule has 2 unspecified atom stereocenters. The van der Waals surface area contributed by atoms with Crippen LogP contribution in [0.15, 0.2) is 36.0 Å². The fourth-order valence-corrected chi connectivity index (χ4v) is 1.57. The van der Waals surface area contributed by atoms with Crippen molar-refractivity contribution in [2.24, 2.45) is 0 Å². The average Bonchev–Trinajstić information content (AvgIpc) is 2.15. The molecule has 2 heteroatoms. The van der Waals surface area contributed by atoms with Gasteiger partial charge < -0.3 is 10.2 Å². The number of allylic oxidation sites excluding steroid dienone is 2. The number of aliphatic hydroxyl groups is 2. The van der Waals surface area contributed by atoms with Crippen LogP contribution >= 0.6 is 0 Å². The second-order valence-electron chi connectivity index (χ2n) is 5.17. The number of aliphatic hydroxyl groups excluding tert-OH is 1. The van der Waals surface area contributed by atoms with Crippen LogP contribution in [0.1, 0.15) is 47.0 Å². The molecular weight excluding hydrogens is 212 g/mol. The topological polar surface area (TPSA) is 40.5 Å². The first-order valence-corrected chi connectivity index (χ1v) is 6.11. The van der Waals surface area contributed by atoms with Gasteiger partial charge in [-0.05, 0) is 47.0 Å². The van der Waals surface area contributed by atoms with Crippen LogP contribution in [0.4, 0.5) is 0 Å². The van der Waals surface area contributed by atoms with E-state index in [0.29, 0.717) is 12.8 Å². The zero-order valence-corrected chi connectivity index (χ0v) is 11.5. The van der Waals surface area contributed by atoms with E-state index in [9.17, 15) is 10.2 Å². The van der Waals surface area contributed by atoms with Gasteiger partial charge in [0.05, 0.1) is 11.7 Å². The van der Waals surface area contributed by atoms with Crippen molar-refractivity contribution < 1.29 is 10.2 Å². The zero-order chi connectivity index (χ0) is 13.5. The summed E-state index contributed by atoms with van der Waals surface area (Å²) in [4.78, 5) is 0. The molecule has 0 aromatic heterocycles. The summed E-state index contributed by atoms with van der Waals surface area (Å²) in [5.41, 5.74) is 1.48. The van der Waals surface area contributed by atoms with Gasteiger partial charge in [0.15, 0.2) is 0 Å². The second kappa shape index (κ2) is 7.46. The lowest BCUT2D eigenvalue weighted by molar-refractivity contribution is 0.103. The molecule has 0 radical (unpaired) electrons. The van der Waals surface area contributed by atoms with Crippen molar-refractivity contribution in [3.8, 4) is 0 Å². The predicted molar refractivity (Wildman–Crippen MR) is 73.9 cm³/mol. The van der Waals surface area contributed by atoms with Crippen LogP contribution in [0.5, 0.6) is 0 Å². The summed E-state index contributed by atoms with van der Waals surface area (Å²) in [7, 11) is 0. The van der Waals surface area contributed by atoms with Gasteiger partial charge in [-0.15, -0.1) is 6.58 Å². The zero-order valence-electron chi connectivity index (χ0n) is 11.5. The molecule has 0 amide bonds. The first-order chi connectivity index (χ1) is 7.76. The van der Waals surface area contributed by atoms with Crippen LogP contribution in [0.2, 0.25) is 0 Å². The summed E-state index contributed by atoms with van der Waals surface area (Å²) in [5, 5.41) is 19.4. The Labute approximate surface area is 105 Å². The lowest BCUT2D eigenvalue weighted by Gasteiger charge is -2.17. The van der Waals surface area contributed by atoms with Gasteiger partial charge in [0, 0.05) is 0 Å². The highest BCUT2D eigenvalue weighted by molar-refractivity contribution is 5.07. The summed E-state index contributed by atoms with van der Waals surface area (Å²) >= 11 is 0. The Morgan fingerprint density at radius 1 is 1.35 bits per heavy atom. The second-order valence-corrected chi connectivity index (χ2v) is 5.17. The molecule has 0 heterocycles. The fourth-order valence-electron chi connectivity index (χ4n) is 1.57. The molecule has 98 valence electrons.